The second-order valence-corrected chi connectivity index (χ2v) is 5.92. The largest absolute Gasteiger partial charge is 0.491 e. The number of amides is 1. The Balaban J connectivity index is 1.94. The third kappa shape index (κ3) is 5.09. The van der Waals surface area contributed by atoms with Crippen molar-refractivity contribution in [2.45, 2.75) is 39.2 Å². The van der Waals surface area contributed by atoms with Gasteiger partial charge in [0.25, 0.3) is 5.91 Å². The van der Waals surface area contributed by atoms with Crippen molar-refractivity contribution in [2.24, 2.45) is 7.05 Å². The van der Waals surface area contributed by atoms with E-state index >= 15 is 0 Å². The molecule has 0 aliphatic rings. The maximum Gasteiger partial charge on any atom is 0.269 e. The van der Waals surface area contributed by atoms with E-state index in [-0.39, 0.29) is 18.2 Å². The molecule has 2 rings (SSSR count). The highest BCUT2D eigenvalue weighted by Crippen LogP contribution is 2.21. The molecule has 0 saturated carbocycles. The predicted molar refractivity (Wildman–Crippen MR) is 98.3 cm³/mol. The number of halogens is 1. The molecule has 0 aliphatic carbocycles. The van der Waals surface area contributed by atoms with Crippen molar-refractivity contribution < 1.29 is 13.9 Å². The van der Waals surface area contributed by atoms with Gasteiger partial charge in [-0.05, 0) is 31.4 Å². The normalized spacial score (nSPS) is 10.4. The van der Waals surface area contributed by atoms with E-state index in [1.807, 2.05) is 6.92 Å². The Hall–Kier alpha value is -2.81. The van der Waals surface area contributed by atoms with Crippen molar-refractivity contribution in [1.82, 2.24) is 15.1 Å². The Kier molecular flexibility index (Phi) is 7.22. The van der Waals surface area contributed by atoms with Gasteiger partial charge in [-0.25, -0.2) is 4.39 Å². The van der Waals surface area contributed by atoms with Crippen molar-refractivity contribution in [3.8, 4) is 18.1 Å². The van der Waals surface area contributed by atoms with E-state index in [0.717, 1.165) is 25.0 Å². The molecule has 0 saturated heterocycles. The van der Waals surface area contributed by atoms with Crippen LogP contribution in [-0.4, -0.2) is 22.3 Å². The van der Waals surface area contributed by atoms with Crippen molar-refractivity contribution in [2.75, 3.05) is 6.61 Å². The molecule has 138 valence electrons. The zero-order chi connectivity index (χ0) is 18.9. The molecule has 26 heavy (non-hydrogen) atoms. The summed E-state index contributed by atoms with van der Waals surface area (Å²) in [6.07, 6.45) is 8.24. The second-order valence-electron chi connectivity index (χ2n) is 5.92. The lowest BCUT2D eigenvalue weighted by Crippen LogP contribution is -2.25. The maximum absolute atomic E-state index is 14.5. The standard InChI is InChI=1S/C20H24FN3O2/c1-4-6-7-8-12-26-18-11-9-10-15(19(18)21)14-22-20(25)17-13-16(5-2)23-24(17)3/h1,9-11,13H,5-8,12,14H2,2-3H3,(H,22,25). The molecule has 0 unspecified atom stereocenters. The average Bonchev–Trinajstić information content (AvgIpc) is 3.02. The van der Waals surface area contributed by atoms with Gasteiger partial charge in [-0.2, -0.15) is 5.10 Å². The van der Waals surface area contributed by atoms with Gasteiger partial charge >= 0.3 is 0 Å². The summed E-state index contributed by atoms with van der Waals surface area (Å²) in [5, 5.41) is 6.97. The quantitative estimate of drug-likeness (QED) is 0.554. The minimum absolute atomic E-state index is 0.0750. The molecule has 2 aromatic rings. The summed E-state index contributed by atoms with van der Waals surface area (Å²) in [5.41, 5.74) is 1.66. The first-order chi connectivity index (χ1) is 12.6. The molecule has 0 atom stereocenters. The van der Waals surface area contributed by atoms with Crippen LogP contribution in [0.3, 0.4) is 0 Å². The minimum atomic E-state index is -0.455. The Morgan fingerprint density at radius 2 is 2.23 bits per heavy atom. The summed E-state index contributed by atoms with van der Waals surface area (Å²) in [4.78, 5) is 12.3. The van der Waals surface area contributed by atoms with Gasteiger partial charge in [-0.1, -0.05) is 19.1 Å². The molecule has 5 nitrogen and oxygen atoms in total. The fourth-order valence-electron chi connectivity index (χ4n) is 2.49. The molecule has 0 aliphatic heterocycles. The molecule has 6 heteroatoms. The number of terminal acetylenes is 1. The molecule has 1 N–H and O–H groups in total. The number of benzene rings is 1. The van der Waals surface area contributed by atoms with Crippen molar-refractivity contribution >= 4 is 5.91 Å². The Labute approximate surface area is 153 Å². The Morgan fingerprint density at radius 3 is 2.92 bits per heavy atom. The lowest BCUT2D eigenvalue weighted by atomic mass is 10.2. The lowest BCUT2D eigenvalue weighted by Gasteiger charge is -2.11. The zero-order valence-corrected chi connectivity index (χ0v) is 15.2. The fourth-order valence-corrected chi connectivity index (χ4v) is 2.49. The number of nitrogens with zero attached hydrogens (tertiary/aromatic N) is 2. The molecule has 1 heterocycles. The summed E-state index contributed by atoms with van der Waals surface area (Å²) >= 11 is 0. The van der Waals surface area contributed by atoms with Crippen LogP contribution in [0.15, 0.2) is 24.3 Å². The van der Waals surface area contributed by atoms with Crippen LogP contribution in [0, 0.1) is 18.2 Å². The van der Waals surface area contributed by atoms with Gasteiger partial charge in [0.1, 0.15) is 5.69 Å². The Bertz CT molecular complexity index is 793. The SMILES string of the molecule is C#CCCCCOc1cccc(CNC(=O)c2cc(CC)nn2C)c1F. The topological polar surface area (TPSA) is 56.1 Å². The molecule has 0 spiro atoms. The zero-order valence-electron chi connectivity index (χ0n) is 15.2. The van der Waals surface area contributed by atoms with Crippen molar-refractivity contribution in [3.63, 3.8) is 0 Å². The molecule has 1 aromatic heterocycles. The van der Waals surface area contributed by atoms with Crippen molar-refractivity contribution in [1.29, 1.82) is 0 Å². The number of hydrogen-bond acceptors (Lipinski definition) is 3. The highest BCUT2D eigenvalue weighted by Gasteiger charge is 2.14. The molecular weight excluding hydrogens is 333 g/mol. The molecule has 0 fully saturated rings. The van der Waals surface area contributed by atoms with Gasteiger partial charge in [0.2, 0.25) is 0 Å². The number of hydrogen-bond donors (Lipinski definition) is 1. The smallest absolute Gasteiger partial charge is 0.269 e. The van der Waals surface area contributed by atoms with Gasteiger partial charge in [0.05, 0.1) is 12.3 Å². The van der Waals surface area contributed by atoms with Crippen LogP contribution in [0.2, 0.25) is 0 Å². The first-order valence-electron chi connectivity index (χ1n) is 8.71. The van der Waals surface area contributed by atoms with Crippen LogP contribution in [0.5, 0.6) is 5.75 Å². The third-order valence-electron chi connectivity index (χ3n) is 3.98. The summed E-state index contributed by atoms with van der Waals surface area (Å²) < 4.78 is 21.5. The predicted octanol–water partition coefficient (Wildman–Crippen LogP) is 3.23. The lowest BCUT2D eigenvalue weighted by molar-refractivity contribution is 0.0941. The van der Waals surface area contributed by atoms with E-state index in [9.17, 15) is 9.18 Å². The third-order valence-corrected chi connectivity index (χ3v) is 3.98. The highest BCUT2D eigenvalue weighted by molar-refractivity contribution is 5.92. The van der Waals surface area contributed by atoms with E-state index < -0.39 is 5.82 Å². The van der Waals surface area contributed by atoms with Crippen LogP contribution in [0.1, 0.15) is 47.9 Å². The second kappa shape index (κ2) is 9.62. The average molecular weight is 357 g/mol. The minimum Gasteiger partial charge on any atom is -0.491 e. The fraction of sp³-hybridized carbons (Fsp3) is 0.400. The number of aryl methyl sites for hydroxylation is 2. The summed E-state index contributed by atoms with van der Waals surface area (Å²) in [7, 11) is 1.71. The highest BCUT2D eigenvalue weighted by atomic mass is 19.1. The first-order valence-corrected chi connectivity index (χ1v) is 8.71. The number of rotatable bonds is 9. The molecular formula is C20H24FN3O2. The van der Waals surface area contributed by atoms with Gasteiger partial charge in [-0.3, -0.25) is 9.48 Å². The summed E-state index contributed by atoms with van der Waals surface area (Å²) in [6, 6.07) is 6.65. The van der Waals surface area contributed by atoms with E-state index in [1.54, 1.807) is 31.3 Å². The van der Waals surface area contributed by atoms with Crippen LogP contribution in [0.25, 0.3) is 0 Å². The number of ether oxygens (including phenoxy) is 1. The number of aromatic nitrogens is 2. The number of carbonyl (C=O) groups excluding carboxylic acids is 1. The molecule has 1 aromatic carbocycles. The van der Waals surface area contributed by atoms with E-state index in [2.05, 4.69) is 16.3 Å². The van der Waals surface area contributed by atoms with Gasteiger partial charge in [0.15, 0.2) is 11.6 Å². The van der Waals surface area contributed by atoms with Crippen LogP contribution < -0.4 is 10.1 Å². The van der Waals surface area contributed by atoms with E-state index in [1.165, 1.54) is 4.68 Å². The van der Waals surface area contributed by atoms with E-state index in [4.69, 9.17) is 11.2 Å². The molecule has 1 amide bonds. The first kappa shape index (κ1) is 19.5. The maximum atomic E-state index is 14.5. The number of nitrogens with one attached hydrogen (secondary N) is 1. The number of unbranched alkanes of at least 4 members (excludes halogenated alkanes) is 2. The van der Waals surface area contributed by atoms with Crippen LogP contribution in [-0.2, 0) is 20.0 Å². The molecule has 0 bridgehead atoms. The van der Waals surface area contributed by atoms with Crippen molar-refractivity contribution in [3.05, 3.63) is 47.0 Å². The van der Waals surface area contributed by atoms with E-state index in [0.29, 0.717) is 24.3 Å². The Morgan fingerprint density at radius 1 is 1.42 bits per heavy atom. The van der Waals surface area contributed by atoms with Crippen LogP contribution >= 0.6 is 0 Å². The summed E-state index contributed by atoms with van der Waals surface area (Å²) in [5.74, 6) is 2.00. The monoisotopic (exact) mass is 357 g/mol. The van der Waals surface area contributed by atoms with Gasteiger partial charge in [-0.15, -0.1) is 12.3 Å². The van der Waals surface area contributed by atoms with Crippen LogP contribution in [0.4, 0.5) is 4.39 Å². The van der Waals surface area contributed by atoms with Gasteiger partial charge in [0, 0.05) is 25.6 Å². The number of carbonyl (C=O) groups is 1. The molecule has 0 radical (unpaired) electrons. The van der Waals surface area contributed by atoms with Gasteiger partial charge < -0.3 is 10.1 Å². The summed E-state index contributed by atoms with van der Waals surface area (Å²) in [6.45, 7) is 2.45.